The van der Waals surface area contributed by atoms with Gasteiger partial charge in [-0.2, -0.15) is 0 Å². The number of piperidine rings is 1. The minimum atomic E-state index is -0.766. The summed E-state index contributed by atoms with van der Waals surface area (Å²) in [5, 5.41) is 11.6. The molecule has 0 saturated carbocycles. The van der Waals surface area contributed by atoms with Gasteiger partial charge in [-0.15, -0.1) is 0 Å². The van der Waals surface area contributed by atoms with Gasteiger partial charge in [0.1, 0.15) is 11.4 Å². The van der Waals surface area contributed by atoms with E-state index in [0.29, 0.717) is 19.4 Å². The van der Waals surface area contributed by atoms with Crippen LogP contribution in [0.15, 0.2) is 10.9 Å². The number of anilines is 1. The third-order valence-corrected chi connectivity index (χ3v) is 5.21. The van der Waals surface area contributed by atoms with Gasteiger partial charge in [0, 0.05) is 26.6 Å². The maximum atomic E-state index is 12.5. The van der Waals surface area contributed by atoms with Crippen LogP contribution >= 0.6 is 11.6 Å². The number of aromatic nitrogens is 1. The first-order valence-corrected chi connectivity index (χ1v) is 9.65. The molecule has 1 aliphatic rings. The lowest BCUT2D eigenvalue weighted by molar-refractivity contribution is -0.137. The normalized spacial score (nSPS) is 20.1. The molecular weight excluding hydrogens is 388 g/mol. The number of hydrogen-bond acceptors (Lipinski definition) is 6. The fourth-order valence-corrected chi connectivity index (χ4v) is 3.47. The molecule has 1 aromatic heterocycles. The van der Waals surface area contributed by atoms with Crippen molar-refractivity contribution in [3.8, 4) is 0 Å². The second-order valence-corrected chi connectivity index (χ2v) is 7.33. The molecule has 156 valence electrons. The SMILES string of the molecule is COC1CN(CCCCCC(=O)O)CCC1NC(=O)c1cc(Cl)c(N)[nH]c1=O. The van der Waals surface area contributed by atoms with Crippen molar-refractivity contribution >= 4 is 29.3 Å². The van der Waals surface area contributed by atoms with E-state index < -0.39 is 17.4 Å². The number of aliphatic carboxylic acids is 1. The van der Waals surface area contributed by atoms with Crippen molar-refractivity contribution in [2.75, 3.05) is 32.5 Å². The number of nitrogens with two attached hydrogens (primary N) is 1. The first kappa shape index (κ1) is 22.2. The number of hydrogen-bond donors (Lipinski definition) is 4. The van der Waals surface area contributed by atoms with Gasteiger partial charge in [0.2, 0.25) is 0 Å². The Kier molecular flexibility index (Phi) is 8.28. The largest absolute Gasteiger partial charge is 0.481 e. The lowest BCUT2D eigenvalue weighted by Gasteiger charge is -2.38. The topological polar surface area (TPSA) is 138 Å². The highest BCUT2D eigenvalue weighted by Gasteiger charge is 2.31. The van der Waals surface area contributed by atoms with Crippen LogP contribution in [0.3, 0.4) is 0 Å². The number of H-pyrrole nitrogens is 1. The molecule has 0 bridgehead atoms. The number of carbonyl (C=O) groups excluding carboxylic acids is 1. The Balaban J connectivity index is 1.87. The average Bonchev–Trinajstić information content (AvgIpc) is 2.65. The molecule has 2 unspecified atom stereocenters. The van der Waals surface area contributed by atoms with Crippen LogP contribution in [0, 0.1) is 0 Å². The minimum Gasteiger partial charge on any atom is -0.481 e. The van der Waals surface area contributed by atoms with E-state index in [1.165, 1.54) is 6.07 Å². The number of ether oxygens (including phenoxy) is 1. The zero-order valence-electron chi connectivity index (χ0n) is 15.9. The van der Waals surface area contributed by atoms with Gasteiger partial charge in [-0.25, -0.2) is 0 Å². The maximum Gasteiger partial charge on any atom is 0.303 e. The number of aromatic amines is 1. The Hall–Kier alpha value is -2.10. The quantitative estimate of drug-likeness (QED) is 0.443. The second kappa shape index (κ2) is 10.4. The molecule has 0 aromatic carbocycles. The summed E-state index contributed by atoms with van der Waals surface area (Å²) in [6.45, 7) is 2.29. The van der Waals surface area contributed by atoms with Crippen molar-refractivity contribution in [3.05, 3.63) is 27.0 Å². The molecule has 1 aliphatic heterocycles. The molecule has 0 aliphatic carbocycles. The van der Waals surface area contributed by atoms with E-state index in [1.807, 2.05) is 0 Å². The minimum absolute atomic E-state index is 0.0228. The van der Waals surface area contributed by atoms with Gasteiger partial charge < -0.3 is 30.8 Å². The molecule has 28 heavy (non-hydrogen) atoms. The Morgan fingerprint density at radius 1 is 1.43 bits per heavy atom. The van der Waals surface area contributed by atoms with Gasteiger partial charge in [-0.3, -0.25) is 14.4 Å². The van der Waals surface area contributed by atoms with Crippen LogP contribution in [-0.2, 0) is 9.53 Å². The van der Waals surface area contributed by atoms with Crippen LogP contribution in [0.5, 0.6) is 0 Å². The monoisotopic (exact) mass is 414 g/mol. The molecule has 1 saturated heterocycles. The predicted octanol–water partition coefficient (Wildman–Crippen LogP) is 1.07. The maximum absolute atomic E-state index is 12.5. The first-order valence-electron chi connectivity index (χ1n) is 9.28. The molecule has 10 heteroatoms. The van der Waals surface area contributed by atoms with Crippen LogP contribution in [0.25, 0.3) is 0 Å². The van der Waals surface area contributed by atoms with Gasteiger partial charge in [0.25, 0.3) is 11.5 Å². The van der Waals surface area contributed by atoms with Crippen molar-refractivity contribution in [1.29, 1.82) is 0 Å². The van der Waals surface area contributed by atoms with Crippen LogP contribution < -0.4 is 16.6 Å². The number of nitrogens with one attached hydrogen (secondary N) is 2. The molecule has 0 spiro atoms. The van der Waals surface area contributed by atoms with Gasteiger partial charge in [0.15, 0.2) is 0 Å². The zero-order valence-corrected chi connectivity index (χ0v) is 16.6. The number of nitrogen functional groups attached to an aromatic ring is 1. The molecule has 5 N–H and O–H groups in total. The van der Waals surface area contributed by atoms with E-state index >= 15 is 0 Å². The summed E-state index contributed by atoms with van der Waals surface area (Å²) in [7, 11) is 1.59. The van der Waals surface area contributed by atoms with Crippen LogP contribution in [0.2, 0.25) is 5.02 Å². The number of rotatable bonds is 9. The van der Waals surface area contributed by atoms with Gasteiger partial charge >= 0.3 is 5.97 Å². The molecule has 0 radical (unpaired) electrons. The molecular formula is C18H27ClN4O5. The highest BCUT2D eigenvalue weighted by molar-refractivity contribution is 6.33. The standard InChI is InChI=1S/C18H27ClN4O5/c1-28-14-10-23(7-4-2-3-5-15(24)25)8-6-13(14)21-17(26)11-9-12(19)16(20)22-18(11)27/h9,13-14H,2-8,10H2,1H3,(H,21,26)(H,24,25)(H3,20,22,27). The van der Waals surface area contributed by atoms with E-state index in [1.54, 1.807) is 7.11 Å². The smallest absolute Gasteiger partial charge is 0.303 e. The number of unbranched alkanes of at least 4 members (excludes halogenated alkanes) is 2. The average molecular weight is 415 g/mol. The number of amides is 1. The number of methoxy groups -OCH3 is 1. The van der Waals surface area contributed by atoms with Crippen molar-refractivity contribution in [3.63, 3.8) is 0 Å². The molecule has 2 rings (SSSR count). The summed E-state index contributed by atoms with van der Waals surface area (Å²) in [4.78, 5) is 39.6. The van der Waals surface area contributed by atoms with Crippen molar-refractivity contribution < 1.29 is 19.4 Å². The summed E-state index contributed by atoms with van der Waals surface area (Å²) in [6.07, 6.45) is 3.12. The third-order valence-electron chi connectivity index (χ3n) is 4.89. The number of carbonyl (C=O) groups is 2. The second-order valence-electron chi connectivity index (χ2n) is 6.92. The number of nitrogens with zero attached hydrogens (tertiary/aromatic N) is 1. The molecule has 9 nitrogen and oxygen atoms in total. The van der Waals surface area contributed by atoms with Crippen molar-refractivity contribution in [2.24, 2.45) is 0 Å². The van der Waals surface area contributed by atoms with Crippen molar-refractivity contribution in [1.82, 2.24) is 15.2 Å². The lowest BCUT2D eigenvalue weighted by Crippen LogP contribution is -2.55. The summed E-state index contributed by atoms with van der Waals surface area (Å²) in [6, 6.07) is 1.04. The molecule has 2 atom stereocenters. The Bertz CT molecular complexity index is 754. The lowest BCUT2D eigenvalue weighted by atomic mass is 10.0. The number of likely N-dealkylation sites (tertiary alicyclic amines) is 1. The van der Waals surface area contributed by atoms with E-state index in [-0.39, 0.29) is 35.0 Å². The van der Waals surface area contributed by atoms with Gasteiger partial charge in [-0.1, -0.05) is 18.0 Å². The summed E-state index contributed by atoms with van der Waals surface area (Å²) >= 11 is 5.90. The number of carboxylic acids is 1. The summed E-state index contributed by atoms with van der Waals surface area (Å²) in [5.41, 5.74) is 4.85. The molecule has 1 aromatic rings. The highest BCUT2D eigenvalue weighted by Crippen LogP contribution is 2.17. The van der Waals surface area contributed by atoms with E-state index in [0.717, 1.165) is 25.9 Å². The molecule has 2 heterocycles. The third kappa shape index (κ3) is 6.22. The van der Waals surface area contributed by atoms with Crippen LogP contribution in [-0.4, -0.2) is 65.8 Å². The number of carboxylic acid groups (broad SMARTS) is 1. The van der Waals surface area contributed by atoms with Crippen LogP contribution in [0.1, 0.15) is 42.5 Å². The Morgan fingerprint density at radius 3 is 2.86 bits per heavy atom. The van der Waals surface area contributed by atoms with E-state index in [9.17, 15) is 14.4 Å². The summed E-state index contributed by atoms with van der Waals surface area (Å²) < 4.78 is 5.54. The first-order chi connectivity index (χ1) is 13.3. The Labute approximate surface area is 168 Å². The van der Waals surface area contributed by atoms with Gasteiger partial charge in [-0.05, 0) is 31.9 Å². The van der Waals surface area contributed by atoms with Gasteiger partial charge in [0.05, 0.1) is 17.2 Å². The zero-order chi connectivity index (χ0) is 20.7. The molecule has 1 fully saturated rings. The van der Waals surface area contributed by atoms with Crippen LogP contribution in [0.4, 0.5) is 5.82 Å². The summed E-state index contributed by atoms with van der Waals surface area (Å²) in [5.74, 6) is -1.26. The van der Waals surface area contributed by atoms with E-state index in [4.69, 9.17) is 27.2 Å². The predicted molar refractivity (Wildman–Crippen MR) is 106 cm³/mol. The Morgan fingerprint density at radius 2 is 2.18 bits per heavy atom. The highest BCUT2D eigenvalue weighted by atomic mass is 35.5. The molecule has 1 amide bonds. The fourth-order valence-electron chi connectivity index (χ4n) is 3.31. The number of pyridine rings is 1. The van der Waals surface area contributed by atoms with Crippen molar-refractivity contribution in [2.45, 2.75) is 44.2 Å². The van der Waals surface area contributed by atoms with E-state index in [2.05, 4.69) is 15.2 Å². The number of halogens is 1. The fraction of sp³-hybridized carbons (Fsp3) is 0.611.